The van der Waals surface area contributed by atoms with Crippen LogP contribution in [-0.2, 0) is 20.9 Å². The number of nitrogens with one attached hydrogen (secondary N) is 1. The zero-order valence-electron chi connectivity index (χ0n) is 26.6. The van der Waals surface area contributed by atoms with Crippen LogP contribution in [0.4, 0.5) is 11.4 Å². The molecule has 3 saturated carbocycles. The number of hydrogen-bond acceptors (Lipinski definition) is 8. The average Bonchev–Trinajstić information content (AvgIpc) is 3.27. The average molecular weight is 615 g/mol. The summed E-state index contributed by atoms with van der Waals surface area (Å²) in [5, 5.41) is 36.9. The topological polar surface area (TPSA) is 142 Å². The lowest BCUT2D eigenvalue weighted by molar-refractivity contribution is -0.167. The Kier molecular flexibility index (Phi) is 8.31. The highest BCUT2D eigenvalue weighted by atomic mass is 16.6. The number of Topliss-reactive ketones (excluding diaryl/α,β-unsaturated/α-hetero) is 1. The molecule has 2 unspecified atom stereocenters. The monoisotopic (exact) mass is 614 g/mol. The summed E-state index contributed by atoms with van der Waals surface area (Å²) in [6.07, 6.45) is 5.21. The van der Waals surface area contributed by atoms with E-state index in [4.69, 9.17) is 10.5 Å². The second-order valence-electron chi connectivity index (χ2n) is 14.2. The van der Waals surface area contributed by atoms with Crippen LogP contribution in [0.25, 0.3) is 0 Å². The summed E-state index contributed by atoms with van der Waals surface area (Å²) in [7, 11) is 0. The van der Waals surface area contributed by atoms with Gasteiger partial charge in [0.1, 0.15) is 6.61 Å². The number of allylic oxidation sites excluding steroid dienone is 4. The molecule has 4 aliphatic carbocycles. The molecule has 0 radical (unpaired) electrons. The van der Waals surface area contributed by atoms with Crippen molar-refractivity contribution in [1.82, 2.24) is 0 Å². The van der Waals surface area contributed by atoms with Crippen LogP contribution in [0.1, 0.15) is 68.1 Å². The van der Waals surface area contributed by atoms with E-state index in [1.165, 1.54) is 0 Å². The number of nitrogens with two attached hydrogens (primary N) is 1. The van der Waals surface area contributed by atoms with Crippen molar-refractivity contribution in [3.8, 4) is 0 Å². The Morgan fingerprint density at radius 2 is 1.98 bits per heavy atom. The van der Waals surface area contributed by atoms with Gasteiger partial charge in [-0.15, -0.1) is 0 Å². The smallest absolute Gasteiger partial charge is 0.182 e. The van der Waals surface area contributed by atoms with E-state index < -0.39 is 41.9 Å². The van der Waals surface area contributed by atoms with E-state index in [-0.39, 0.29) is 29.3 Å². The summed E-state index contributed by atoms with van der Waals surface area (Å²) in [6, 6.07) is 11.6. The minimum atomic E-state index is -1.28. The molecule has 0 aromatic heterocycles. The summed E-state index contributed by atoms with van der Waals surface area (Å²) in [6.45, 7) is 7.98. The third-order valence-corrected chi connectivity index (χ3v) is 11.7. The highest BCUT2D eigenvalue weighted by molar-refractivity contribution is 6.01. The summed E-state index contributed by atoms with van der Waals surface area (Å²) in [4.78, 5) is 25.7. The SMILES string of the molecule is Cc1ccc(NCc2cccc(N)c2)c(C)c1[C@@H](O)O[C@@H]1CC2[C@@H]3CCC4=CC(=O)C=C[C@]4(C)C3[C@@H](O)C[C@]2(C)[C@H]1C(=O)CO. The second kappa shape index (κ2) is 11.8. The number of nitrogen functional groups attached to an aromatic ring is 1. The van der Waals surface area contributed by atoms with Gasteiger partial charge in [0.25, 0.3) is 0 Å². The van der Waals surface area contributed by atoms with Crippen LogP contribution < -0.4 is 11.1 Å². The van der Waals surface area contributed by atoms with Gasteiger partial charge in [-0.2, -0.15) is 0 Å². The van der Waals surface area contributed by atoms with Crippen molar-refractivity contribution < 1.29 is 29.6 Å². The quantitative estimate of drug-likeness (QED) is 0.208. The summed E-state index contributed by atoms with van der Waals surface area (Å²) in [5.41, 5.74) is 10.9. The lowest BCUT2D eigenvalue weighted by Crippen LogP contribution is -2.56. The molecule has 0 heterocycles. The van der Waals surface area contributed by atoms with Crippen molar-refractivity contribution in [1.29, 1.82) is 0 Å². The summed E-state index contributed by atoms with van der Waals surface area (Å²) >= 11 is 0. The molecule has 45 heavy (non-hydrogen) atoms. The molecular formula is C37H46N2O6. The molecular weight excluding hydrogens is 568 g/mol. The standard InChI is InChI=1S/C37H46N2O6/c1-20-8-11-28(39-18-22-6-5-7-24(38)14-22)21(2)32(20)35(44)45-31-16-27-26-10-9-23-15-25(41)12-13-36(23,3)33(26)29(42)17-37(27,4)34(31)30(43)19-40/h5-8,11-15,26-27,29,31,33-35,39-40,42,44H,9-10,16-19,38H2,1-4H3/t26-,27?,29-,31+,33?,34-,35-,36-,37-/m0/s1. The van der Waals surface area contributed by atoms with E-state index in [2.05, 4.69) is 19.2 Å². The van der Waals surface area contributed by atoms with Crippen LogP contribution in [-0.4, -0.2) is 45.7 Å². The van der Waals surface area contributed by atoms with E-state index in [0.717, 1.165) is 40.8 Å². The lowest BCUT2D eigenvalue weighted by Gasteiger charge is -2.58. The number of ether oxygens (including phenoxy) is 1. The molecule has 0 aliphatic heterocycles. The van der Waals surface area contributed by atoms with E-state index in [1.54, 1.807) is 12.2 Å². The molecule has 2 aromatic rings. The first kappa shape index (κ1) is 31.7. The van der Waals surface area contributed by atoms with Crippen LogP contribution >= 0.6 is 0 Å². The minimum Gasteiger partial charge on any atom is -0.399 e. The van der Waals surface area contributed by atoms with Gasteiger partial charge in [0, 0.05) is 34.8 Å². The van der Waals surface area contributed by atoms with Gasteiger partial charge in [0.15, 0.2) is 17.9 Å². The fourth-order valence-electron chi connectivity index (χ4n) is 9.69. The molecule has 0 amide bonds. The van der Waals surface area contributed by atoms with E-state index in [0.29, 0.717) is 30.6 Å². The Labute approximate surface area is 265 Å². The molecule has 0 spiro atoms. The molecule has 4 aliphatic rings. The van der Waals surface area contributed by atoms with Crippen LogP contribution in [0.5, 0.6) is 0 Å². The van der Waals surface area contributed by atoms with Crippen LogP contribution in [0.15, 0.2) is 60.2 Å². The third-order valence-electron chi connectivity index (χ3n) is 11.7. The fourth-order valence-corrected chi connectivity index (χ4v) is 9.69. The molecule has 6 N–H and O–H groups in total. The molecule has 9 atom stereocenters. The number of ketones is 2. The maximum absolute atomic E-state index is 13.5. The summed E-state index contributed by atoms with van der Waals surface area (Å²) in [5.74, 6) is -0.956. The number of anilines is 2. The third kappa shape index (κ3) is 5.35. The number of hydrogen-bond donors (Lipinski definition) is 5. The Morgan fingerprint density at radius 3 is 2.71 bits per heavy atom. The number of carbonyl (C=O) groups is 2. The maximum atomic E-state index is 13.5. The Hall–Kier alpha value is -3.30. The van der Waals surface area contributed by atoms with Gasteiger partial charge in [0.2, 0.25) is 0 Å². The fraction of sp³-hybridized carbons (Fsp3) is 0.514. The van der Waals surface area contributed by atoms with Crippen molar-refractivity contribution in [2.45, 2.75) is 78.4 Å². The molecule has 2 aromatic carbocycles. The predicted molar refractivity (Wildman–Crippen MR) is 173 cm³/mol. The molecule has 8 nitrogen and oxygen atoms in total. The molecule has 240 valence electrons. The first-order chi connectivity index (χ1) is 21.4. The van der Waals surface area contributed by atoms with E-state index in [9.17, 15) is 24.9 Å². The number of carbonyl (C=O) groups excluding carboxylic acids is 2. The number of aliphatic hydroxyl groups excluding tert-OH is 3. The molecule has 8 heteroatoms. The maximum Gasteiger partial charge on any atom is 0.182 e. The van der Waals surface area contributed by atoms with E-state index in [1.807, 2.05) is 56.3 Å². The van der Waals surface area contributed by atoms with Gasteiger partial charge in [-0.3, -0.25) is 9.59 Å². The van der Waals surface area contributed by atoms with Gasteiger partial charge in [-0.05, 0) is 104 Å². The number of aryl methyl sites for hydroxylation is 1. The largest absolute Gasteiger partial charge is 0.399 e. The lowest BCUT2D eigenvalue weighted by atomic mass is 9.46. The number of rotatable bonds is 8. The highest BCUT2D eigenvalue weighted by Gasteiger charge is 2.65. The molecule has 0 bridgehead atoms. The first-order valence-corrected chi connectivity index (χ1v) is 16.1. The molecule has 0 saturated heterocycles. The Bertz CT molecular complexity index is 1570. The molecule has 3 fully saturated rings. The number of aliphatic hydroxyl groups is 3. The number of fused-ring (bicyclic) bond motifs is 5. The van der Waals surface area contributed by atoms with Crippen LogP contribution in [0, 0.1) is 48.3 Å². The van der Waals surface area contributed by atoms with Crippen molar-refractivity contribution in [3.63, 3.8) is 0 Å². The van der Waals surface area contributed by atoms with Crippen LogP contribution in [0.3, 0.4) is 0 Å². The van der Waals surface area contributed by atoms with Gasteiger partial charge >= 0.3 is 0 Å². The minimum absolute atomic E-state index is 0.0115. The van der Waals surface area contributed by atoms with Crippen molar-refractivity contribution in [3.05, 3.63) is 82.5 Å². The van der Waals surface area contributed by atoms with Crippen molar-refractivity contribution in [2.24, 2.45) is 34.5 Å². The van der Waals surface area contributed by atoms with Gasteiger partial charge in [-0.1, -0.05) is 43.7 Å². The van der Waals surface area contributed by atoms with Gasteiger partial charge < -0.3 is 31.1 Å². The van der Waals surface area contributed by atoms with Gasteiger partial charge in [0.05, 0.1) is 18.1 Å². The first-order valence-electron chi connectivity index (χ1n) is 16.1. The van der Waals surface area contributed by atoms with Crippen LogP contribution in [0.2, 0.25) is 0 Å². The Morgan fingerprint density at radius 1 is 1.20 bits per heavy atom. The van der Waals surface area contributed by atoms with Crippen molar-refractivity contribution >= 4 is 22.9 Å². The number of benzene rings is 2. The van der Waals surface area contributed by atoms with Gasteiger partial charge in [-0.25, -0.2) is 0 Å². The zero-order valence-corrected chi connectivity index (χ0v) is 26.6. The van der Waals surface area contributed by atoms with Crippen molar-refractivity contribution in [2.75, 3.05) is 17.7 Å². The zero-order chi connectivity index (χ0) is 32.3. The van der Waals surface area contributed by atoms with E-state index >= 15 is 0 Å². The Balaban J connectivity index is 1.28. The molecule has 6 rings (SSSR count). The highest BCUT2D eigenvalue weighted by Crippen LogP contribution is 2.66. The second-order valence-corrected chi connectivity index (χ2v) is 14.2. The predicted octanol–water partition coefficient (Wildman–Crippen LogP) is 4.94. The summed E-state index contributed by atoms with van der Waals surface area (Å²) < 4.78 is 6.47. The normalized spacial score (nSPS) is 34.4.